The number of thioether (sulfide) groups is 1. The Kier molecular flexibility index (Phi) is 9.60. The number of imide groups is 1. The van der Waals surface area contributed by atoms with Crippen molar-refractivity contribution in [1.82, 2.24) is 9.88 Å². The number of fused-ring (bicyclic) bond motifs is 1. The number of nitrogens with zero attached hydrogens (tertiary/aromatic N) is 2. The molecule has 252 valence electrons. The molecule has 10 heteroatoms. The molecule has 0 saturated carbocycles. The van der Waals surface area contributed by atoms with Crippen molar-refractivity contribution in [1.29, 1.82) is 0 Å². The summed E-state index contributed by atoms with van der Waals surface area (Å²) in [6, 6.07) is 33.3. The number of ether oxygens (including phenoxy) is 2. The molecule has 4 atom stereocenters. The van der Waals surface area contributed by atoms with Crippen LogP contribution in [0.2, 0.25) is 0 Å². The minimum Gasteiger partial charge on any atom is -0.478 e. The Morgan fingerprint density at radius 1 is 0.800 bits per heavy atom. The van der Waals surface area contributed by atoms with Crippen LogP contribution in [0.5, 0.6) is 0 Å². The molecule has 3 heterocycles. The first-order chi connectivity index (χ1) is 24.3. The highest BCUT2D eigenvalue weighted by Crippen LogP contribution is 2.43. The number of amides is 2. The third-order valence-corrected chi connectivity index (χ3v) is 10.2. The number of aliphatic hydroxyl groups excluding tert-OH is 1. The van der Waals surface area contributed by atoms with E-state index >= 15 is 0 Å². The highest BCUT2D eigenvalue weighted by atomic mass is 32.2. The molecule has 9 nitrogen and oxygen atoms in total. The molecular weight excluding hydrogens is 653 g/mol. The standard InChI is InChI=1S/C40H34N2O7S/c1-24-34(23-50-36-33(39(46)47)13-6-18-41-36)48-40(49-35(24)27-16-14-25(22-43)15-17-27)30-10-5-9-29(20-30)28-8-4-7-26(19-28)21-42-37(44)31-11-2-3-12-32(31)38(42)45/h2-20,24,34-35,40,43H,21-23H2,1H3,(H,46,47)/t24-,34+,35+,40+/m0/s1. The molecule has 2 aliphatic rings. The van der Waals surface area contributed by atoms with Gasteiger partial charge in [0.05, 0.1) is 42.0 Å². The molecule has 0 spiro atoms. The lowest BCUT2D eigenvalue weighted by Crippen LogP contribution is -2.38. The average molecular weight is 687 g/mol. The summed E-state index contributed by atoms with van der Waals surface area (Å²) in [5.74, 6) is -1.28. The Morgan fingerprint density at radius 3 is 2.20 bits per heavy atom. The van der Waals surface area contributed by atoms with Gasteiger partial charge < -0.3 is 19.7 Å². The van der Waals surface area contributed by atoms with Crippen LogP contribution in [0.15, 0.2) is 120 Å². The van der Waals surface area contributed by atoms with Gasteiger partial charge in [-0.05, 0) is 64.2 Å². The normalized spacial score (nSPS) is 20.2. The minimum atomic E-state index is -1.04. The molecule has 4 aromatic carbocycles. The summed E-state index contributed by atoms with van der Waals surface area (Å²) in [4.78, 5) is 43.4. The Balaban J connectivity index is 1.15. The number of aliphatic hydroxyl groups is 1. The van der Waals surface area contributed by atoms with Crippen molar-refractivity contribution >= 4 is 29.5 Å². The molecule has 2 aliphatic heterocycles. The molecule has 2 N–H and O–H groups in total. The minimum absolute atomic E-state index is 0.0609. The fraction of sp³-hybridized carbons (Fsp3) is 0.200. The lowest BCUT2D eigenvalue weighted by atomic mass is 9.91. The Labute approximate surface area is 293 Å². The molecule has 7 rings (SSSR count). The second kappa shape index (κ2) is 14.4. The van der Waals surface area contributed by atoms with Crippen molar-refractivity contribution < 1.29 is 34.1 Å². The van der Waals surface area contributed by atoms with E-state index in [0.717, 1.165) is 33.4 Å². The number of carboxylic acid groups (broad SMARTS) is 1. The zero-order valence-corrected chi connectivity index (χ0v) is 28.0. The van der Waals surface area contributed by atoms with E-state index in [1.807, 2.05) is 72.8 Å². The van der Waals surface area contributed by atoms with Gasteiger partial charge in [-0.2, -0.15) is 0 Å². The summed E-state index contributed by atoms with van der Waals surface area (Å²) in [7, 11) is 0. The van der Waals surface area contributed by atoms with E-state index < -0.39 is 12.3 Å². The van der Waals surface area contributed by atoms with Crippen LogP contribution in [0.1, 0.15) is 72.6 Å². The fourth-order valence-electron chi connectivity index (χ4n) is 6.42. The quantitative estimate of drug-likeness (QED) is 0.115. The average Bonchev–Trinajstić information content (AvgIpc) is 3.39. The van der Waals surface area contributed by atoms with Gasteiger partial charge in [-0.3, -0.25) is 14.5 Å². The summed E-state index contributed by atoms with van der Waals surface area (Å²) in [6.45, 7) is 2.15. The van der Waals surface area contributed by atoms with E-state index in [1.165, 1.54) is 16.7 Å². The van der Waals surface area contributed by atoms with Crippen LogP contribution in [0.3, 0.4) is 0 Å². The van der Waals surface area contributed by atoms with Crippen LogP contribution in [-0.2, 0) is 22.6 Å². The Hall–Kier alpha value is -5.13. The van der Waals surface area contributed by atoms with Crippen LogP contribution in [-0.4, -0.2) is 49.7 Å². The molecule has 1 aromatic heterocycles. The Morgan fingerprint density at radius 2 is 1.50 bits per heavy atom. The van der Waals surface area contributed by atoms with Crippen molar-refractivity contribution in [3.8, 4) is 11.1 Å². The van der Waals surface area contributed by atoms with Crippen molar-refractivity contribution in [2.75, 3.05) is 5.75 Å². The molecule has 1 fully saturated rings. The maximum atomic E-state index is 13.0. The summed E-state index contributed by atoms with van der Waals surface area (Å²) < 4.78 is 13.3. The van der Waals surface area contributed by atoms with Gasteiger partial charge in [0.15, 0.2) is 6.29 Å². The van der Waals surface area contributed by atoms with Gasteiger partial charge in [-0.15, -0.1) is 11.8 Å². The fourth-order valence-corrected chi connectivity index (χ4v) is 7.57. The van der Waals surface area contributed by atoms with Gasteiger partial charge in [0, 0.05) is 23.4 Å². The van der Waals surface area contributed by atoms with Crippen molar-refractivity contribution in [3.63, 3.8) is 0 Å². The molecular formula is C40H34N2O7S. The number of rotatable bonds is 10. The number of aromatic carboxylic acids is 1. The second-order valence-electron chi connectivity index (χ2n) is 12.4. The highest BCUT2D eigenvalue weighted by Gasteiger charge is 2.39. The van der Waals surface area contributed by atoms with Gasteiger partial charge >= 0.3 is 5.97 Å². The molecule has 0 aliphatic carbocycles. The maximum absolute atomic E-state index is 13.0. The lowest BCUT2D eigenvalue weighted by molar-refractivity contribution is -0.268. The van der Waals surface area contributed by atoms with Crippen LogP contribution in [0.25, 0.3) is 11.1 Å². The number of carboxylic acids is 1. The molecule has 50 heavy (non-hydrogen) atoms. The number of carbonyl (C=O) groups excluding carboxylic acids is 2. The summed E-state index contributed by atoms with van der Waals surface area (Å²) in [5.41, 5.74) is 6.16. The van der Waals surface area contributed by atoms with Crippen LogP contribution >= 0.6 is 11.8 Å². The first kappa shape index (κ1) is 33.4. The largest absolute Gasteiger partial charge is 0.478 e. The van der Waals surface area contributed by atoms with E-state index in [0.29, 0.717) is 21.9 Å². The van der Waals surface area contributed by atoms with E-state index in [2.05, 4.69) is 11.9 Å². The van der Waals surface area contributed by atoms with E-state index in [4.69, 9.17) is 9.47 Å². The van der Waals surface area contributed by atoms with Gasteiger partial charge in [-0.1, -0.05) is 79.7 Å². The first-order valence-electron chi connectivity index (χ1n) is 16.3. The number of hydrogen-bond acceptors (Lipinski definition) is 8. The summed E-state index contributed by atoms with van der Waals surface area (Å²) >= 11 is 1.34. The molecule has 1 saturated heterocycles. The van der Waals surface area contributed by atoms with Gasteiger partial charge in [0.25, 0.3) is 11.8 Å². The molecule has 2 amide bonds. The van der Waals surface area contributed by atoms with E-state index in [1.54, 1.807) is 42.6 Å². The van der Waals surface area contributed by atoms with Gasteiger partial charge in [-0.25, -0.2) is 9.78 Å². The lowest BCUT2D eigenvalue weighted by Gasteiger charge is -2.41. The highest BCUT2D eigenvalue weighted by molar-refractivity contribution is 7.99. The third kappa shape index (κ3) is 6.71. The first-order valence-corrected chi connectivity index (χ1v) is 17.3. The zero-order chi connectivity index (χ0) is 34.8. The predicted octanol–water partition coefficient (Wildman–Crippen LogP) is 7.32. The number of aromatic nitrogens is 1. The monoisotopic (exact) mass is 686 g/mol. The smallest absolute Gasteiger partial charge is 0.338 e. The summed E-state index contributed by atoms with van der Waals surface area (Å²) in [5, 5.41) is 19.7. The van der Waals surface area contributed by atoms with Crippen LogP contribution in [0.4, 0.5) is 0 Å². The predicted molar refractivity (Wildman–Crippen MR) is 187 cm³/mol. The number of pyridine rings is 1. The Bertz CT molecular complexity index is 2030. The zero-order valence-electron chi connectivity index (χ0n) is 27.1. The topological polar surface area (TPSA) is 126 Å². The molecule has 0 radical (unpaired) electrons. The van der Waals surface area contributed by atoms with E-state index in [-0.39, 0.29) is 48.7 Å². The van der Waals surface area contributed by atoms with E-state index in [9.17, 15) is 24.6 Å². The van der Waals surface area contributed by atoms with Crippen LogP contribution < -0.4 is 0 Å². The molecule has 5 aromatic rings. The van der Waals surface area contributed by atoms with Gasteiger partial charge in [0.2, 0.25) is 0 Å². The third-order valence-electron chi connectivity index (χ3n) is 9.15. The maximum Gasteiger partial charge on any atom is 0.338 e. The molecule has 0 bridgehead atoms. The number of hydrogen-bond donors (Lipinski definition) is 2. The van der Waals surface area contributed by atoms with Crippen molar-refractivity contribution in [3.05, 3.63) is 154 Å². The van der Waals surface area contributed by atoms with Crippen molar-refractivity contribution in [2.45, 2.75) is 43.6 Å². The number of benzene rings is 4. The SMILES string of the molecule is C[C@H]1[C@@H](CSc2ncccc2C(=O)O)O[C@@H](c2cccc(-c3cccc(CN4C(=O)c5ccccc5C4=O)c3)c2)O[C@H]1c1ccc(CO)cc1. The second-order valence-corrected chi connectivity index (χ2v) is 13.4. The summed E-state index contributed by atoms with van der Waals surface area (Å²) in [6.07, 6.45) is 0.180. The van der Waals surface area contributed by atoms with Crippen LogP contribution in [0, 0.1) is 5.92 Å². The van der Waals surface area contributed by atoms with Gasteiger partial charge in [0.1, 0.15) is 5.03 Å². The van der Waals surface area contributed by atoms with Crippen molar-refractivity contribution in [2.24, 2.45) is 5.92 Å². The molecule has 0 unspecified atom stereocenters. The number of carbonyl (C=O) groups is 3.